The second-order valence-corrected chi connectivity index (χ2v) is 7.73. The third-order valence-electron chi connectivity index (χ3n) is 4.63. The van der Waals surface area contributed by atoms with Crippen molar-refractivity contribution in [3.63, 3.8) is 0 Å². The van der Waals surface area contributed by atoms with Crippen LogP contribution in [0.4, 0.5) is 0 Å². The van der Waals surface area contributed by atoms with Gasteiger partial charge in [0.2, 0.25) is 0 Å². The van der Waals surface area contributed by atoms with Crippen molar-refractivity contribution in [2.24, 2.45) is 0 Å². The first-order chi connectivity index (χ1) is 12.7. The molecule has 6 nitrogen and oxygen atoms in total. The zero-order valence-electron chi connectivity index (χ0n) is 16.2. The van der Waals surface area contributed by atoms with Crippen LogP contribution in [-0.4, -0.2) is 19.9 Å². The van der Waals surface area contributed by atoms with Gasteiger partial charge in [0, 0.05) is 11.1 Å². The van der Waals surface area contributed by atoms with Gasteiger partial charge < -0.3 is 15.0 Å². The van der Waals surface area contributed by atoms with Gasteiger partial charge in [-0.05, 0) is 42.7 Å². The summed E-state index contributed by atoms with van der Waals surface area (Å²) in [6.07, 6.45) is 4.88. The van der Waals surface area contributed by atoms with Crippen LogP contribution in [0.15, 0.2) is 34.1 Å². The zero-order chi connectivity index (χ0) is 19.8. The maximum Gasteiger partial charge on any atom is 0.272 e. The minimum absolute atomic E-state index is 0.161. The Morgan fingerprint density at radius 2 is 1.59 bits per heavy atom. The highest BCUT2D eigenvalue weighted by atomic mass is 16.1. The maximum absolute atomic E-state index is 12.5. The molecular weight excluding hydrogens is 340 g/mol. The van der Waals surface area contributed by atoms with Crippen LogP contribution in [0.1, 0.15) is 48.8 Å². The van der Waals surface area contributed by atoms with Crippen molar-refractivity contribution in [3.05, 3.63) is 84.0 Å². The highest BCUT2D eigenvalue weighted by Crippen LogP contribution is 2.22. The van der Waals surface area contributed by atoms with Gasteiger partial charge in [-0.1, -0.05) is 39.0 Å². The summed E-state index contributed by atoms with van der Waals surface area (Å²) in [5, 5.41) is 0.402. The minimum atomic E-state index is -0.367. The van der Waals surface area contributed by atoms with Crippen molar-refractivity contribution >= 4 is 12.2 Å². The molecule has 0 aliphatic carbocycles. The molecule has 0 unspecified atom stereocenters. The van der Waals surface area contributed by atoms with E-state index in [1.165, 1.54) is 0 Å². The van der Waals surface area contributed by atoms with Crippen molar-refractivity contribution < 1.29 is 0 Å². The number of H-pyrrole nitrogens is 3. The molecule has 0 amide bonds. The largest absolute Gasteiger partial charge is 0.348 e. The topological polar surface area (TPSA) is 94.4 Å². The van der Waals surface area contributed by atoms with Gasteiger partial charge >= 0.3 is 0 Å². The number of aromatic amines is 3. The van der Waals surface area contributed by atoms with Crippen molar-refractivity contribution in [1.29, 1.82) is 0 Å². The first-order valence-corrected chi connectivity index (χ1v) is 8.83. The molecule has 0 saturated carbocycles. The van der Waals surface area contributed by atoms with Crippen LogP contribution >= 0.6 is 0 Å². The smallest absolute Gasteiger partial charge is 0.272 e. The lowest BCUT2D eigenvalue weighted by Gasteiger charge is -2.16. The highest BCUT2D eigenvalue weighted by Gasteiger charge is 2.19. The lowest BCUT2D eigenvalue weighted by atomic mass is 9.90. The van der Waals surface area contributed by atoms with Crippen molar-refractivity contribution in [2.45, 2.75) is 40.0 Å². The Morgan fingerprint density at radius 3 is 2.22 bits per heavy atom. The summed E-state index contributed by atoms with van der Waals surface area (Å²) in [4.78, 5) is 37.7. The molecule has 0 radical (unpaired) electrons. The molecule has 0 spiro atoms. The molecule has 140 valence electrons. The quantitative estimate of drug-likeness (QED) is 0.641. The van der Waals surface area contributed by atoms with E-state index in [0.717, 1.165) is 22.4 Å². The fourth-order valence-corrected chi connectivity index (χ4v) is 2.93. The average Bonchev–Trinajstić information content (AvgIpc) is 3.05. The molecule has 2 heterocycles. The van der Waals surface area contributed by atoms with E-state index >= 15 is 0 Å². The predicted molar refractivity (Wildman–Crippen MR) is 107 cm³/mol. The van der Waals surface area contributed by atoms with Gasteiger partial charge in [0.1, 0.15) is 10.7 Å². The van der Waals surface area contributed by atoms with Gasteiger partial charge in [-0.25, -0.2) is 4.98 Å². The Labute approximate surface area is 156 Å². The van der Waals surface area contributed by atoms with Crippen LogP contribution in [0.25, 0.3) is 12.2 Å². The van der Waals surface area contributed by atoms with Crippen LogP contribution in [0, 0.1) is 13.8 Å². The van der Waals surface area contributed by atoms with Gasteiger partial charge in [-0.15, -0.1) is 0 Å². The summed E-state index contributed by atoms with van der Waals surface area (Å²) in [7, 11) is 0. The molecule has 1 aromatic carbocycles. The summed E-state index contributed by atoms with van der Waals surface area (Å²) in [6, 6.07) is 5.85. The predicted octanol–water partition coefficient (Wildman–Crippen LogP) is 1.36. The maximum atomic E-state index is 12.5. The molecule has 27 heavy (non-hydrogen) atoms. The lowest BCUT2D eigenvalue weighted by Crippen LogP contribution is -2.46. The van der Waals surface area contributed by atoms with E-state index in [1.54, 1.807) is 18.5 Å². The van der Waals surface area contributed by atoms with Crippen molar-refractivity contribution in [3.8, 4) is 0 Å². The number of aryl methyl sites for hydroxylation is 1. The van der Waals surface area contributed by atoms with Crippen LogP contribution in [0.2, 0.25) is 0 Å². The molecule has 0 saturated heterocycles. The van der Waals surface area contributed by atoms with Crippen LogP contribution in [-0.2, 0) is 5.41 Å². The van der Waals surface area contributed by atoms with E-state index in [-0.39, 0.29) is 27.2 Å². The minimum Gasteiger partial charge on any atom is -0.348 e. The number of rotatable bonds is 2. The molecule has 2 aromatic heterocycles. The van der Waals surface area contributed by atoms with Gasteiger partial charge in [-0.2, -0.15) is 0 Å². The van der Waals surface area contributed by atoms with E-state index in [1.807, 2.05) is 52.8 Å². The number of benzene rings is 1. The van der Waals surface area contributed by atoms with Crippen LogP contribution < -0.4 is 21.8 Å². The van der Waals surface area contributed by atoms with E-state index < -0.39 is 0 Å². The molecule has 6 heteroatoms. The standard InChI is InChI=1S/C21H24N4O2/c1-12-7-6-8-14(13(12)2)9-16-19(26)25-17(20(27)24-16)10-15-18(21(3,4)5)23-11-22-15/h6-11H,1-5H3,(H,22,23)(H,24,27)(H,25,26)/b16-9+,17-10-. The molecular formula is C21H24N4O2. The number of nitrogens with zero attached hydrogens (tertiary/aromatic N) is 1. The Bertz CT molecular complexity index is 1220. The molecule has 3 aromatic rings. The monoisotopic (exact) mass is 364 g/mol. The fourth-order valence-electron chi connectivity index (χ4n) is 2.93. The van der Waals surface area contributed by atoms with Gasteiger partial charge in [0.25, 0.3) is 11.1 Å². The lowest BCUT2D eigenvalue weighted by molar-refractivity contribution is 0.571. The Balaban J connectivity index is 2.16. The Kier molecular flexibility index (Phi) is 4.74. The molecule has 0 aliphatic heterocycles. The molecule has 0 fully saturated rings. The second kappa shape index (κ2) is 6.87. The molecule has 0 bridgehead atoms. The molecule has 3 rings (SSSR count). The van der Waals surface area contributed by atoms with Crippen LogP contribution in [0.3, 0.4) is 0 Å². The average molecular weight is 364 g/mol. The van der Waals surface area contributed by atoms with Gasteiger partial charge in [-0.3, -0.25) is 9.59 Å². The van der Waals surface area contributed by atoms with Crippen molar-refractivity contribution in [2.75, 3.05) is 0 Å². The van der Waals surface area contributed by atoms with E-state index in [2.05, 4.69) is 19.9 Å². The number of aromatic nitrogens is 4. The number of imidazole rings is 1. The molecule has 3 N–H and O–H groups in total. The summed E-state index contributed by atoms with van der Waals surface area (Å²) in [5.41, 5.74) is 3.74. The fraction of sp³-hybridized carbons (Fsp3) is 0.286. The third-order valence-corrected chi connectivity index (χ3v) is 4.63. The first kappa shape index (κ1) is 18.6. The van der Waals surface area contributed by atoms with Crippen molar-refractivity contribution in [1.82, 2.24) is 19.9 Å². The summed E-state index contributed by atoms with van der Waals surface area (Å²) >= 11 is 0. The number of hydrogen-bond donors (Lipinski definition) is 3. The SMILES string of the molecule is Cc1cccc(/C=c2/[nH]c(=O)/c(=C/c3nc[nH]c3C(C)(C)C)[nH]c2=O)c1C. The summed E-state index contributed by atoms with van der Waals surface area (Å²) in [5.74, 6) is 0. The third kappa shape index (κ3) is 3.84. The normalized spacial score (nSPS) is 13.4. The van der Waals surface area contributed by atoms with E-state index in [4.69, 9.17) is 0 Å². The number of nitrogens with one attached hydrogen (secondary N) is 3. The summed E-state index contributed by atoms with van der Waals surface area (Å²) < 4.78 is 0. The van der Waals surface area contributed by atoms with Gasteiger partial charge in [0.15, 0.2) is 0 Å². The Morgan fingerprint density at radius 1 is 0.963 bits per heavy atom. The molecule has 0 aliphatic rings. The van der Waals surface area contributed by atoms with Crippen LogP contribution in [0.5, 0.6) is 0 Å². The highest BCUT2D eigenvalue weighted by molar-refractivity contribution is 5.54. The van der Waals surface area contributed by atoms with E-state index in [0.29, 0.717) is 5.69 Å². The first-order valence-electron chi connectivity index (χ1n) is 8.83. The summed E-state index contributed by atoms with van der Waals surface area (Å²) in [6.45, 7) is 10.1. The molecule has 0 atom stereocenters. The Hall–Kier alpha value is -3.15. The second-order valence-electron chi connectivity index (χ2n) is 7.73. The number of hydrogen-bond acceptors (Lipinski definition) is 3. The van der Waals surface area contributed by atoms with Gasteiger partial charge in [0.05, 0.1) is 12.0 Å². The zero-order valence-corrected chi connectivity index (χ0v) is 16.2. The van der Waals surface area contributed by atoms with E-state index in [9.17, 15) is 9.59 Å².